The molecule has 234 valence electrons. The van der Waals surface area contributed by atoms with E-state index in [1.807, 2.05) is 76.2 Å². The van der Waals surface area contributed by atoms with E-state index in [-0.39, 0.29) is 37.5 Å². The third kappa shape index (κ3) is 10.9. The van der Waals surface area contributed by atoms with Gasteiger partial charge in [0.05, 0.1) is 5.92 Å². The number of piperazine rings is 1. The number of hydrogen-bond acceptors (Lipinski definition) is 6. The van der Waals surface area contributed by atoms with Crippen LogP contribution in [-0.4, -0.2) is 79.0 Å². The van der Waals surface area contributed by atoms with E-state index in [1.54, 1.807) is 21.9 Å². The van der Waals surface area contributed by atoms with Gasteiger partial charge in [0, 0.05) is 32.7 Å². The van der Waals surface area contributed by atoms with Crippen molar-refractivity contribution in [3.8, 4) is 5.75 Å². The van der Waals surface area contributed by atoms with Crippen LogP contribution in [0.2, 0.25) is 0 Å². The van der Waals surface area contributed by atoms with E-state index in [9.17, 15) is 19.2 Å². The first kappa shape index (κ1) is 33.4. The predicted molar refractivity (Wildman–Crippen MR) is 164 cm³/mol. The summed E-state index contributed by atoms with van der Waals surface area (Å²) in [5.41, 5.74) is 0.316. The van der Waals surface area contributed by atoms with Gasteiger partial charge in [0.1, 0.15) is 18.4 Å². The zero-order valence-electron chi connectivity index (χ0n) is 25.8. The highest BCUT2D eigenvalue weighted by Crippen LogP contribution is 2.23. The smallest absolute Gasteiger partial charge is 0.407 e. The van der Waals surface area contributed by atoms with E-state index in [1.165, 1.54) is 0 Å². The van der Waals surface area contributed by atoms with E-state index >= 15 is 0 Å². The van der Waals surface area contributed by atoms with Gasteiger partial charge in [0.2, 0.25) is 11.8 Å². The number of ether oxygens (including phenoxy) is 2. The normalized spacial score (nSPS) is 14.8. The topological polar surface area (TPSA) is 117 Å². The number of alkyl carbamates (subject to hydrolysis) is 1. The Bertz CT molecular complexity index is 1180. The third-order valence-electron chi connectivity index (χ3n) is 7.43. The highest BCUT2D eigenvalue weighted by atomic mass is 16.5. The van der Waals surface area contributed by atoms with Crippen LogP contribution in [-0.2, 0) is 25.7 Å². The lowest BCUT2D eigenvalue weighted by atomic mass is 9.85. The molecule has 4 amide bonds. The van der Waals surface area contributed by atoms with Crippen molar-refractivity contribution in [2.24, 2.45) is 11.3 Å². The SMILES string of the molecule is CCCC[C@H](CNC(=O)OCc1ccccc1)C(=O)NC(C(=O)N1CCN(C(=O)COc2ccccc2)CC1)C(C)(C)C. The van der Waals surface area contributed by atoms with Crippen LogP contribution in [0.25, 0.3) is 0 Å². The number of benzene rings is 2. The Hall–Kier alpha value is -4.08. The highest BCUT2D eigenvalue weighted by Gasteiger charge is 2.38. The molecule has 1 aliphatic rings. The monoisotopic (exact) mass is 594 g/mol. The minimum absolute atomic E-state index is 0.0639. The van der Waals surface area contributed by atoms with Crippen molar-refractivity contribution in [3.05, 3.63) is 66.2 Å². The summed E-state index contributed by atoms with van der Waals surface area (Å²) in [6.45, 7) is 9.47. The molecule has 0 bridgehead atoms. The van der Waals surface area contributed by atoms with Crippen LogP contribution in [0.15, 0.2) is 60.7 Å². The quantitative estimate of drug-likeness (QED) is 0.362. The van der Waals surface area contributed by atoms with E-state index in [4.69, 9.17) is 9.47 Å². The van der Waals surface area contributed by atoms with Gasteiger partial charge in [0.25, 0.3) is 5.91 Å². The van der Waals surface area contributed by atoms with Gasteiger partial charge < -0.3 is 29.9 Å². The highest BCUT2D eigenvalue weighted by molar-refractivity contribution is 5.89. The fourth-order valence-electron chi connectivity index (χ4n) is 4.78. The summed E-state index contributed by atoms with van der Waals surface area (Å²) in [7, 11) is 0. The Morgan fingerprint density at radius 2 is 1.49 bits per heavy atom. The Morgan fingerprint density at radius 1 is 0.884 bits per heavy atom. The maximum Gasteiger partial charge on any atom is 0.407 e. The Kier molecular flexibility index (Phi) is 12.8. The molecule has 0 aromatic heterocycles. The van der Waals surface area contributed by atoms with Gasteiger partial charge in [-0.1, -0.05) is 89.1 Å². The van der Waals surface area contributed by atoms with Crippen molar-refractivity contribution in [2.75, 3.05) is 39.3 Å². The predicted octanol–water partition coefficient (Wildman–Crippen LogP) is 4.00. The van der Waals surface area contributed by atoms with E-state index in [0.29, 0.717) is 38.3 Å². The minimum Gasteiger partial charge on any atom is -0.484 e. The van der Waals surface area contributed by atoms with Crippen LogP contribution in [0.5, 0.6) is 5.75 Å². The van der Waals surface area contributed by atoms with Gasteiger partial charge in [-0.3, -0.25) is 14.4 Å². The van der Waals surface area contributed by atoms with Crippen LogP contribution < -0.4 is 15.4 Å². The van der Waals surface area contributed by atoms with Crippen LogP contribution in [0.3, 0.4) is 0 Å². The number of amides is 4. The Labute approximate surface area is 255 Å². The summed E-state index contributed by atoms with van der Waals surface area (Å²) >= 11 is 0. The number of carbonyl (C=O) groups is 4. The van der Waals surface area contributed by atoms with Crippen molar-refractivity contribution in [2.45, 2.75) is 59.6 Å². The minimum atomic E-state index is -0.766. The third-order valence-corrected chi connectivity index (χ3v) is 7.43. The molecule has 0 radical (unpaired) electrons. The molecule has 0 spiro atoms. The lowest BCUT2D eigenvalue weighted by Gasteiger charge is -2.39. The van der Waals surface area contributed by atoms with Crippen LogP contribution in [0.4, 0.5) is 4.79 Å². The average Bonchev–Trinajstić information content (AvgIpc) is 3.01. The molecular formula is C33H46N4O6. The van der Waals surface area contributed by atoms with Crippen molar-refractivity contribution in [3.63, 3.8) is 0 Å². The Morgan fingerprint density at radius 3 is 2.09 bits per heavy atom. The fourth-order valence-corrected chi connectivity index (χ4v) is 4.78. The largest absolute Gasteiger partial charge is 0.484 e. The summed E-state index contributed by atoms with van der Waals surface area (Å²) in [6.07, 6.45) is 1.67. The summed E-state index contributed by atoms with van der Waals surface area (Å²) < 4.78 is 10.9. The maximum absolute atomic E-state index is 13.7. The first-order valence-electron chi connectivity index (χ1n) is 15.1. The average molecular weight is 595 g/mol. The second-order valence-electron chi connectivity index (χ2n) is 11.9. The molecular weight excluding hydrogens is 548 g/mol. The molecule has 1 fully saturated rings. The van der Waals surface area contributed by atoms with Gasteiger partial charge in [-0.05, 0) is 29.5 Å². The second-order valence-corrected chi connectivity index (χ2v) is 11.9. The number of nitrogens with one attached hydrogen (secondary N) is 2. The molecule has 0 saturated carbocycles. The zero-order chi connectivity index (χ0) is 31.2. The van der Waals surface area contributed by atoms with E-state index < -0.39 is 23.5 Å². The van der Waals surface area contributed by atoms with Crippen molar-refractivity contribution >= 4 is 23.8 Å². The number of unbranched alkanes of at least 4 members (excludes halogenated alkanes) is 1. The molecule has 1 saturated heterocycles. The van der Waals surface area contributed by atoms with Crippen molar-refractivity contribution < 1.29 is 28.7 Å². The first-order chi connectivity index (χ1) is 20.6. The van der Waals surface area contributed by atoms with Crippen LogP contribution >= 0.6 is 0 Å². The van der Waals surface area contributed by atoms with E-state index in [0.717, 1.165) is 18.4 Å². The van der Waals surface area contributed by atoms with Gasteiger partial charge in [-0.25, -0.2) is 4.79 Å². The molecule has 43 heavy (non-hydrogen) atoms. The molecule has 1 heterocycles. The molecule has 3 rings (SSSR count). The molecule has 2 atom stereocenters. The van der Waals surface area contributed by atoms with Gasteiger partial charge in [-0.2, -0.15) is 0 Å². The summed E-state index contributed by atoms with van der Waals surface area (Å²) in [5.74, 6) is -0.481. The van der Waals surface area contributed by atoms with E-state index in [2.05, 4.69) is 10.6 Å². The zero-order valence-corrected chi connectivity index (χ0v) is 25.8. The number of nitrogens with zero attached hydrogens (tertiary/aromatic N) is 2. The lowest BCUT2D eigenvalue weighted by Crippen LogP contribution is -2.60. The lowest BCUT2D eigenvalue weighted by molar-refractivity contribution is -0.145. The molecule has 1 aliphatic heterocycles. The standard InChI is InChI=1S/C33H46N4O6/c1-5-6-15-26(22-34-32(41)43-23-25-13-9-7-10-14-25)30(39)35-29(33(2,3)4)31(40)37-20-18-36(19-21-37)28(38)24-42-27-16-11-8-12-17-27/h7-14,16-17,26,29H,5-6,15,18-24H2,1-4H3,(H,34,41)(H,35,39)/t26-,29?/m1/s1. The number of hydrogen-bond donors (Lipinski definition) is 2. The van der Waals surface area contributed by atoms with Gasteiger partial charge >= 0.3 is 6.09 Å². The Balaban J connectivity index is 1.53. The summed E-state index contributed by atoms with van der Waals surface area (Å²) in [4.78, 5) is 55.6. The summed E-state index contributed by atoms with van der Waals surface area (Å²) in [5, 5.41) is 5.71. The summed E-state index contributed by atoms with van der Waals surface area (Å²) in [6, 6.07) is 17.8. The molecule has 2 aromatic carbocycles. The molecule has 10 heteroatoms. The molecule has 1 unspecified atom stereocenters. The first-order valence-corrected chi connectivity index (χ1v) is 15.1. The maximum atomic E-state index is 13.7. The molecule has 0 aliphatic carbocycles. The fraction of sp³-hybridized carbons (Fsp3) is 0.515. The number of carbonyl (C=O) groups excluding carboxylic acids is 4. The van der Waals surface area contributed by atoms with Crippen LogP contribution in [0, 0.1) is 11.3 Å². The van der Waals surface area contributed by atoms with Crippen molar-refractivity contribution in [1.29, 1.82) is 0 Å². The van der Waals surface area contributed by atoms with Crippen LogP contribution in [0.1, 0.15) is 52.5 Å². The molecule has 10 nitrogen and oxygen atoms in total. The second kappa shape index (κ2) is 16.5. The number of para-hydroxylation sites is 1. The molecule has 2 aromatic rings. The van der Waals surface area contributed by atoms with Gasteiger partial charge in [-0.15, -0.1) is 0 Å². The number of rotatable bonds is 13. The van der Waals surface area contributed by atoms with Gasteiger partial charge in [0.15, 0.2) is 6.61 Å². The molecule has 2 N–H and O–H groups in total. The van der Waals surface area contributed by atoms with Crippen molar-refractivity contribution in [1.82, 2.24) is 20.4 Å².